The van der Waals surface area contributed by atoms with Crippen molar-refractivity contribution in [3.8, 4) is 0 Å². The average molecular weight is 257 g/mol. The number of alkyl halides is 3. The molecule has 3 nitrogen and oxygen atoms in total. The van der Waals surface area contributed by atoms with Gasteiger partial charge in [-0.1, -0.05) is 6.07 Å². The molecular formula is C12H14F3N3. The number of fused-ring (bicyclic) bond motifs is 1. The number of hydrogen-bond acceptors (Lipinski definition) is 3. The third-order valence-corrected chi connectivity index (χ3v) is 3.74. The molecule has 2 unspecified atom stereocenters. The average Bonchev–Trinajstić information content (AvgIpc) is 2.88. The SMILES string of the molecule is FC(F)(F)c1cccc(N2CC3CNCC3C2)n1. The molecule has 3 rings (SSSR count). The van der Waals surface area contributed by atoms with Crippen LogP contribution in [0.3, 0.4) is 0 Å². The third-order valence-electron chi connectivity index (χ3n) is 3.74. The second-order valence-corrected chi connectivity index (χ2v) is 4.96. The summed E-state index contributed by atoms with van der Waals surface area (Å²) < 4.78 is 37.8. The van der Waals surface area contributed by atoms with E-state index in [-0.39, 0.29) is 0 Å². The Morgan fingerprint density at radius 2 is 1.83 bits per heavy atom. The quantitative estimate of drug-likeness (QED) is 0.831. The molecule has 1 aromatic rings. The zero-order valence-electron chi connectivity index (χ0n) is 9.74. The van der Waals surface area contributed by atoms with E-state index in [1.165, 1.54) is 6.07 Å². The van der Waals surface area contributed by atoms with Gasteiger partial charge < -0.3 is 10.2 Å². The van der Waals surface area contributed by atoms with Crippen LogP contribution < -0.4 is 10.2 Å². The molecule has 2 aliphatic heterocycles. The van der Waals surface area contributed by atoms with Crippen LogP contribution in [0.1, 0.15) is 5.69 Å². The number of halogens is 3. The molecule has 0 aliphatic carbocycles. The first-order valence-corrected chi connectivity index (χ1v) is 6.04. The standard InChI is InChI=1S/C12H14F3N3/c13-12(14,15)10-2-1-3-11(17-10)18-6-8-4-16-5-9(8)7-18/h1-3,8-9,16H,4-7H2. The van der Waals surface area contributed by atoms with Crippen molar-refractivity contribution in [1.82, 2.24) is 10.3 Å². The lowest BCUT2D eigenvalue weighted by molar-refractivity contribution is -0.141. The summed E-state index contributed by atoms with van der Waals surface area (Å²) >= 11 is 0. The van der Waals surface area contributed by atoms with E-state index in [4.69, 9.17) is 0 Å². The van der Waals surface area contributed by atoms with E-state index in [2.05, 4.69) is 10.3 Å². The largest absolute Gasteiger partial charge is 0.433 e. The number of aromatic nitrogens is 1. The summed E-state index contributed by atoms with van der Waals surface area (Å²) in [4.78, 5) is 5.70. The van der Waals surface area contributed by atoms with Gasteiger partial charge in [0, 0.05) is 26.2 Å². The summed E-state index contributed by atoms with van der Waals surface area (Å²) in [7, 11) is 0. The van der Waals surface area contributed by atoms with Crippen LogP contribution in [-0.4, -0.2) is 31.2 Å². The van der Waals surface area contributed by atoms with Gasteiger partial charge in [-0.3, -0.25) is 0 Å². The lowest BCUT2D eigenvalue weighted by atomic mass is 10.0. The molecule has 2 aliphatic rings. The van der Waals surface area contributed by atoms with Crippen LogP contribution in [0.25, 0.3) is 0 Å². The maximum Gasteiger partial charge on any atom is 0.433 e. The first kappa shape index (κ1) is 11.8. The van der Waals surface area contributed by atoms with E-state index in [1.807, 2.05) is 4.90 Å². The molecule has 98 valence electrons. The lowest BCUT2D eigenvalue weighted by Crippen LogP contribution is -2.26. The normalized spacial score (nSPS) is 27.6. The molecule has 1 aromatic heterocycles. The highest BCUT2D eigenvalue weighted by Crippen LogP contribution is 2.32. The fraction of sp³-hybridized carbons (Fsp3) is 0.583. The van der Waals surface area contributed by atoms with Crippen LogP contribution in [0.5, 0.6) is 0 Å². The van der Waals surface area contributed by atoms with E-state index in [1.54, 1.807) is 6.07 Å². The Kier molecular flexibility index (Phi) is 2.69. The molecule has 0 amide bonds. The summed E-state index contributed by atoms with van der Waals surface area (Å²) in [6.07, 6.45) is -4.37. The van der Waals surface area contributed by atoms with Gasteiger partial charge in [-0.15, -0.1) is 0 Å². The van der Waals surface area contributed by atoms with Gasteiger partial charge in [-0.05, 0) is 24.0 Å². The molecule has 1 N–H and O–H groups in total. The molecule has 0 saturated carbocycles. The molecule has 3 heterocycles. The molecule has 6 heteroatoms. The number of nitrogens with zero attached hydrogens (tertiary/aromatic N) is 2. The predicted octanol–water partition coefficient (Wildman–Crippen LogP) is 1.76. The van der Waals surface area contributed by atoms with Gasteiger partial charge in [0.25, 0.3) is 0 Å². The molecule has 18 heavy (non-hydrogen) atoms. The van der Waals surface area contributed by atoms with E-state index in [9.17, 15) is 13.2 Å². The summed E-state index contributed by atoms with van der Waals surface area (Å²) in [5.74, 6) is 1.53. The molecule has 2 fully saturated rings. The molecule has 2 saturated heterocycles. The van der Waals surface area contributed by atoms with E-state index in [0.29, 0.717) is 17.7 Å². The summed E-state index contributed by atoms with van der Waals surface area (Å²) in [5.41, 5.74) is -0.810. The van der Waals surface area contributed by atoms with Crippen molar-refractivity contribution in [2.24, 2.45) is 11.8 Å². The molecule has 0 aromatic carbocycles. The fourth-order valence-corrected chi connectivity index (χ4v) is 2.80. The maximum absolute atomic E-state index is 12.6. The third kappa shape index (κ3) is 2.05. The van der Waals surface area contributed by atoms with E-state index < -0.39 is 11.9 Å². The molecule has 2 atom stereocenters. The van der Waals surface area contributed by atoms with Crippen molar-refractivity contribution in [2.75, 3.05) is 31.1 Å². The molecule has 0 bridgehead atoms. The maximum atomic E-state index is 12.6. The minimum absolute atomic E-state index is 0.444. The zero-order valence-corrected chi connectivity index (χ0v) is 9.74. The van der Waals surface area contributed by atoms with Gasteiger partial charge in [0.2, 0.25) is 0 Å². The minimum atomic E-state index is -4.37. The van der Waals surface area contributed by atoms with Gasteiger partial charge in [-0.25, -0.2) is 4.98 Å². The van der Waals surface area contributed by atoms with Crippen LogP contribution in [-0.2, 0) is 6.18 Å². The van der Waals surface area contributed by atoms with Gasteiger partial charge in [-0.2, -0.15) is 13.2 Å². The lowest BCUT2D eigenvalue weighted by Gasteiger charge is -2.19. The highest BCUT2D eigenvalue weighted by molar-refractivity contribution is 5.41. The van der Waals surface area contributed by atoms with E-state index >= 15 is 0 Å². The van der Waals surface area contributed by atoms with Crippen molar-refractivity contribution >= 4 is 5.82 Å². The monoisotopic (exact) mass is 257 g/mol. The Balaban J connectivity index is 1.81. The van der Waals surface area contributed by atoms with Crippen LogP contribution >= 0.6 is 0 Å². The van der Waals surface area contributed by atoms with Crippen molar-refractivity contribution in [3.05, 3.63) is 23.9 Å². The Bertz CT molecular complexity index is 434. The van der Waals surface area contributed by atoms with Gasteiger partial charge in [0.1, 0.15) is 11.5 Å². The Morgan fingerprint density at radius 3 is 2.44 bits per heavy atom. The second-order valence-electron chi connectivity index (χ2n) is 4.96. The fourth-order valence-electron chi connectivity index (χ4n) is 2.80. The molecule has 0 spiro atoms. The predicted molar refractivity (Wildman–Crippen MR) is 61.3 cm³/mol. The molecule has 0 radical (unpaired) electrons. The van der Waals surface area contributed by atoms with Gasteiger partial charge >= 0.3 is 6.18 Å². The van der Waals surface area contributed by atoms with Crippen molar-refractivity contribution in [2.45, 2.75) is 6.18 Å². The Hall–Kier alpha value is -1.30. The summed E-state index contributed by atoms with van der Waals surface area (Å²) in [6.45, 7) is 3.51. The van der Waals surface area contributed by atoms with Crippen LogP contribution in [0, 0.1) is 11.8 Å². The first-order valence-electron chi connectivity index (χ1n) is 6.04. The molecular weight excluding hydrogens is 243 g/mol. The van der Waals surface area contributed by atoms with Crippen LogP contribution in [0.4, 0.5) is 19.0 Å². The summed E-state index contributed by atoms with van der Waals surface area (Å²) in [5, 5.41) is 3.30. The summed E-state index contributed by atoms with van der Waals surface area (Å²) in [6, 6.07) is 4.10. The van der Waals surface area contributed by atoms with Crippen LogP contribution in [0.15, 0.2) is 18.2 Å². The number of nitrogens with one attached hydrogen (secondary N) is 1. The zero-order chi connectivity index (χ0) is 12.8. The number of anilines is 1. The van der Waals surface area contributed by atoms with Gasteiger partial charge in [0.15, 0.2) is 0 Å². The Labute approximate surface area is 103 Å². The van der Waals surface area contributed by atoms with Crippen molar-refractivity contribution < 1.29 is 13.2 Å². The van der Waals surface area contributed by atoms with E-state index in [0.717, 1.165) is 32.2 Å². The van der Waals surface area contributed by atoms with Crippen LogP contribution in [0.2, 0.25) is 0 Å². The Morgan fingerprint density at radius 1 is 1.17 bits per heavy atom. The smallest absolute Gasteiger partial charge is 0.356 e. The number of pyridine rings is 1. The van der Waals surface area contributed by atoms with Gasteiger partial charge in [0.05, 0.1) is 0 Å². The first-order chi connectivity index (χ1) is 8.54. The second kappa shape index (κ2) is 4.12. The number of hydrogen-bond donors (Lipinski definition) is 1. The minimum Gasteiger partial charge on any atom is -0.356 e. The highest BCUT2D eigenvalue weighted by Gasteiger charge is 2.38. The number of rotatable bonds is 1. The van der Waals surface area contributed by atoms with Crippen molar-refractivity contribution in [3.63, 3.8) is 0 Å². The van der Waals surface area contributed by atoms with Crippen molar-refractivity contribution in [1.29, 1.82) is 0 Å². The highest BCUT2D eigenvalue weighted by atomic mass is 19.4. The topological polar surface area (TPSA) is 28.2 Å².